The standard InChI is InChI=1S/C18H28N2O/c1-6-15(7-2)11-20-17(19-14(5)18(20)21)16-10-12(3)8-9-13(16)4/h8-10,14-15,17,19H,6-7,11H2,1-5H3. The molecule has 1 aromatic carbocycles. The first-order valence-corrected chi connectivity index (χ1v) is 8.11. The molecule has 2 unspecified atom stereocenters. The van der Waals surface area contributed by atoms with Gasteiger partial charge in [-0.25, -0.2) is 0 Å². The summed E-state index contributed by atoms with van der Waals surface area (Å²) >= 11 is 0. The molecule has 0 aliphatic carbocycles. The maximum atomic E-state index is 12.5. The second-order valence-corrected chi connectivity index (χ2v) is 6.32. The molecule has 1 heterocycles. The van der Waals surface area contributed by atoms with Crippen LogP contribution in [0.4, 0.5) is 0 Å². The maximum Gasteiger partial charge on any atom is 0.241 e. The molecule has 3 heteroatoms. The second kappa shape index (κ2) is 6.61. The summed E-state index contributed by atoms with van der Waals surface area (Å²) in [5.41, 5.74) is 3.72. The van der Waals surface area contributed by atoms with Crippen LogP contribution in [0.1, 0.15) is 56.5 Å². The number of nitrogens with one attached hydrogen (secondary N) is 1. The van der Waals surface area contributed by atoms with Gasteiger partial charge in [0.2, 0.25) is 5.91 Å². The van der Waals surface area contributed by atoms with Crippen molar-refractivity contribution >= 4 is 5.91 Å². The third-order valence-corrected chi connectivity index (χ3v) is 4.71. The number of hydrogen-bond acceptors (Lipinski definition) is 2. The minimum Gasteiger partial charge on any atom is -0.321 e. The summed E-state index contributed by atoms with van der Waals surface area (Å²) in [6.07, 6.45) is 2.26. The molecule has 3 nitrogen and oxygen atoms in total. The first-order chi connectivity index (χ1) is 9.97. The van der Waals surface area contributed by atoms with E-state index in [9.17, 15) is 4.79 Å². The largest absolute Gasteiger partial charge is 0.321 e. The van der Waals surface area contributed by atoms with Crippen LogP contribution in [-0.2, 0) is 4.79 Å². The summed E-state index contributed by atoms with van der Waals surface area (Å²) in [7, 11) is 0. The van der Waals surface area contributed by atoms with Crippen LogP contribution < -0.4 is 5.32 Å². The van der Waals surface area contributed by atoms with Crippen LogP contribution in [0.2, 0.25) is 0 Å². The van der Waals surface area contributed by atoms with E-state index >= 15 is 0 Å². The number of amides is 1. The van der Waals surface area contributed by atoms with Gasteiger partial charge in [-0.05, 0) is 37.8 Å². The van der Waals surface area contributed by atoms with E-state index in [1.54, 1.807) is 0 Å². The lowest BCUT2D eigenvalue weighted by Gasteiger charge is -2.29. The number of carbonyl (C=O) groups excluding carboxylic acids is 1. The van der Waals surface area contributed by atoms with Crippen molar-refractivity contribution in [2.24, 2.45) is 5.92 Å². The zero-order valence-electron chi connectivity index (χ0n) is 13.9. The highest BCUT2D eigenvalue weighted by molar-refractivity contribution is 5.84. The molecule has 1 fully saturated rings. The Labute approximate surface area is 128 Å². The van der Waals surface area contributed by atoms with Crippen LogP contribution in [0.5, 0.6) is 0 Å². The van der Waals surface area contributed by atoms with Crippen molar-refractivity contribution in [1.29, 1.82) is 0 Å². The minimum absolute atomic E-state index is 0.0213. The molecule has 2 rings (SSSR count). The molecule has 1 aliphatic rings. The fourth-order valence-electron chi connectivity index (χ4n) is 3.11. The number of carbonyl (C=O) groups is 1. The van der Waals surface area contributed by atoms with Crippen LogP contribution >= 0.6 is 0 Å². The Kier molecular flexibility index (Phi) is 5.04. The molecule has 2 atom stereocenters. The predicted molar refractivity (Wildman–Crippen MR) is 87.0 cm³/mol. The molecule has 116 valence electrons. The number of nitrogens with zero attached hydrogens (tertiary/aromatic N) is 1. The second-order valence-electron chi connectivity index (χ2n) is 6.32. The van der Waals surface area contributed by atoms with Crippen molar-refractivity contribution < 1.29 is 4.79 Å². The summed E-state index contributed by atoms with van der Waals surface area (Å²) in [6, 6.07) is 6.39. The van der Waals surface area contributed by atoms with E-state index in [0.29, 0.717) is 5.92 Å². The van der Waals surface area contributed by atoms with Gasteiger partial charge in [0.25, 0.3) is 0 Å². The van der Waals surface area contributed by atoms with Crippen LogP contribution in [-0.4, -0.2) is 23.4 Å². The Morgan fingerprint density at radius 2 is 1.90 bits per heavy atom. The summed E-state index contributed by atoms with van der Waals surface area (Å²) in [6.45, 7) is 11.5. The average Bonchev–Trinajstić information content (AvgIpc) is 2.75. The summed E-state index contributed by atoms with van der Waals surface area (Å²) in [4.78, 5) is 14.6. The molecule has 1 saturated heterocycles. The lowest BCUT2D eigenvalue weighted by Crippen LogP contribution is -2.35. The molecule has 0 spiro atoms. The van der Waals surface area contributed by atoms with Gasteiger partial charge in [0.15, 0.2) is 0 Å². The van der Waals surface area contributed by atoms with Crippen molar-refractivity contribution in [3.05, 3.63) is 34.9 Å². The lowest BCUT2D eigenvalue weighted by molar-refractivity contribution is -0.130. The molecule has 0 aromatic heterocycles. The van der Waals surface area contributed by atoms with E-state index in [0.717, 1.165) is 19.4 Å². The summed E-state index contributed by atoms with van der Waals surface area (Å²) in [5.74, 6) is 0.807. The third-order valence-electron chi connectivity index (χ3n) is 4.71. The molecule has 0 saturated carbocycles. The number of hydrogen-bond donors (Lipinski definition) is 1. The van der Waals surface area contributed by atoms with Gasteiger partial charge in [0.1, 0.15) is 6.17 Å². The van der Waals surface area contributed by atoms with E-state index < -0.39 is 0 Å². The fraction of sp³-hybridized carbons (Fsp3) is 0.611. The van der Waals surface area contributed by atoms with Gasteiger partial charge in [-0.2, -0.15) is 0 Å². The van der Waals surface area contributed by atoms with Gasteiger partial charge in [0, 0.05) is 6.54 Å². The van der Waals surface area contributed by atoms with E-state index in [1.807, 2.05) is 11.8 Å². The predicted octanol–water partition coefficient (Wildman–Crippen LogP) is 3.56. The Hall–Kier alpha value is -1.35. The number of rotatable bonds is 5. The fourth-order valence-corrected chi connectivity index (χ4v) is 3.11. The van der Waals surface area contributed by atoms with Crippen molar-refractivity contribution in [1.82, 2.24) is 10.2 Å². The van der Waals surface area contributed by atoms with Gasteiger partial charge >= 0.3 is 0 Å². The molecule has 1 aliphatic heterocycles. The highest BCUT2D eigenvalue weighted by atomic mass is 16.2. The minimum atomic E-state index is -0.0933. The van der Waals surface area contributed by atoms with Crippen LogP contribution in [0.3, 0.4) is 0 Å². The van der Waals surface area contributed by atoms with Crippen LogP contribution in [0.15, 0.2) is 18.2 Å². The molecule has 21 heavy (non-hydrogen) atoms. The van der Waals surface area contributed by atoms with Gasteiger partial charge in [-0.15, -0.1) is 0 Å². The smallest absolute Gasteiger partial charge is 0.241 e. The first kappa shape index (κ1) is 16.0. The van der Waals surface area contributed by atoms with Crippen molar-refractivity contribution in [2.75, 3.05) is 6.54 Å². The zero-order valence-corrected chi connectivity index (χ0v) is 13.9. The lowest BCUT2D eigenvalue weighted by atomic mass is 10.00. The molecular formula is C18H28N2O. The van der Waals surface area contributed by atoms with E-state index in [-0.39, 0.29) is 18.1 Å². The molecule has 1 aromatic rings. The zero-order chi connectivity index (χ0) is 15.6. The normalized spacial score (nSPS) is 22.4. The molecule has 1 amide bonds. The van der Waals surface area contributed by atoms with Gasteiger partial charge in [0.05, 0.1) is 6.04 Å². The van der Waals surface area contributed by atoms with E-state index in [2.05, 4.69) is 51.2 Å². The highest BCUT2D eigenvalue weighted by Gasteiger charge is 2.38. The molecule has 0 bridgehead atoms. The molecular weight excluding hydrogens is 260 g/mol. The Morgan fingerprint density at radius 3 is 2.52 bits per heavy atom. The Morgan fingerprint density at radius 1 is 1.24 bits per heavy atom. The SMILES string of the molecule is CCC(CC)CN1C(=O)C(C)NC1c1cc(C)ccc1C. The van der Waals surface area contributed by atoms with Crippen molar-refractivity contribution in [3.8, 4) is 0 Å². The average molecular weight is 288 g/mol. The van der Waals surface area contributed by atoms with Gasteiger partial charge < -0.3 is 4.90 Å². The van der Waals surface area contributed by atoms with Gasteiger partial charge in [-0.1, -0.05) is 50.5 Å². The summed E-state index contributed by atoms with van der Waals surface area (Å²) < 4.78 is 0. The van der Waals surface area contributed by atoms with Crippen molar-refractivity contribution in [2.45, 2.75) is 59.7 Å². The quantitative estimate of drug-likeness (QED) is 0.898. The Bertz CT molecular complexity index is 508. The Balaban J connectivity index is 2.31. The van der Waals surface area contributed by atoms with E-state index in [4.69, 9.17) is 0 Å². The van der Waals surface area contributed by atoms with E-state index in [1.165, 1.54) is 16.7 Å². The first-order valence-electron chi connectivity index (χ1n) is 8.11. The topological polar surface area (TPSA) is 32.3 Å². The maximum absolute atomic E-state index is 12.5. The summed E-state index contributed by atoms with van der Waals surface area (Å²) in [5, 5.41) is 3.47. The van der Waals surface area contributed by atoms with Gasteiger partial charge in [-0.3, -0.25) is 10.1 Å². The monoisotopic (exact) mass is 288 g/mol. The van der Waals surface area contributed by atoms with Crippen molar-refractivity contribution in [3.63, 3.8) is 0 Å². The van der Waals surface area contributed by atoms with Crippen LogP contribution in [0.25, 0.3) is 0 Å². The molecule has 1 N–H and O–H groups in total. The number of benzene rings is 1. The number of aryl methyl sites for hydroxylation is 2. The van der Waals surface area contributed by atoms with Crippen LogP contribution in [0, 0.1) is 19.8 Å². The third kappa shape index (κ3) is 3.29. The highest BCUT2D eigenvalue weighted by Crippen LogP contribution is 2.30. The molecule has 0 radical (unpaired) electrons.